The van der Waals surface area contributed by atoms with Crippen molar-refractivity contribution in [3.63, 3.8) is 0 Å². The van der Waals surface area contributed by atoms with E-state index < -0.39 is 0 Å². The number of likely N-dealkylation sites (tertiary alicyclic amines) is 1. The Morgan fingerprint density at radius 2 is 1.97 bits per heavy atom. The summed E-state index contributed by atoms with van der Waals surface area (Å²) in [5, 5.41) is 12.8. The first-order valence-corrected chi connectivity index (χ1v) is 9.95. The van der Waals surface area contributed by atoms with Gasteiger partial charge in [0.15, 0.2) is 0 Å². The second kappa shape index (κ2) is 9.18. The molecular formula is C23H30N2O4. The fraction of sp³-hybridized carbons (Fsp3) is 0.435. The number of nitrogens with zero attached hydrogens (tertiary/aromatic N) is 1. The lowest BCUT2D eigenvalue weighted by Gasteiger charge is -2.18. The summed E-state index contributed by atoms with van der Waals surface area (Å²) in [4.78, 5) is 14.9. The molecule has 1 amide bonds. The molecule has 2 aromatic rings. The maximum Gasteiger partial charge on any atom is 0.251 e. The number of aromatic hydroxyl groups is 1. The minimum Gasteiger partial charge on any atom is -0.508 e. The van der Waals surface area contributed by atoms with E-state index in [0.29, 0.717) is 11.3 Å². The topological polar surface area (TPSA) is 71.0 Å². The molecule has 1 saturated heterocycles. The third-order valence-electron chi connectivity index (χ3n) is 5.76. The fourth-order valence-electron chi connectivity index (χ4n) is 3.88. The minimum atomic E-state index is -0.187. The molecule has 1 aliphatic heterocycles. The Morgan fingerprint density at radius 3 is 2.69 bits per heavy atom. The molecule has 156 valence electrons. The van der Waals surface area contributed by atoms with E-state index >= 15 is 0 Å². The first-order valence-electron chi connectivity index (χ1n) is 9.95. The van der Waals surface area contributed by atoms with Gasteiger partial charge in [0, 0.05) is 37.3 Å². The van der Waals surface area contributed by atoms with E-state index in [1.54, 1.807) is 13.2 Å². The number of hydrogen-bond acceptors (Lipinski definition) is 5. The van der Waals surface area contributed by atoms with Crippen LogP contribution in [0.2, 0.25) is 0 Å². The third-order valence-corrected chi connectivity index (χ3v) is 5.76. The van der Waals surface area contributed by atoms with Crippen LogP contribution in [0.3, 0.4) is 0 Å². The summed E-state index contributed by atoms with van der Waals surface area (Å²) < 4.78 is 10.5. The Balaban J connectivity index is 1.54. The second-order valence-corrected chi connectivity index (χ2v) is 7.61. The zero-order chi connectivity index (χ0) is 21.0. The van der Waals surface area contributed by atoms with Gasteiger partial charge in [-0.1, -0.05) is 6.07 Å². The van der Waals surface area contributed by atoms with E-state index in [2.05, 4.69) is 30.1 Å². The maximum absolute atomic E-state index is 12.5. The van der Waals surface area contributed by atoms with Crippen LogP contribution in [-0.4, -0.2) is 55.8 Å². The van der Waals surface area contributed by atoms with Crippen LogP contribution in [0.4, 0.5) is 0 Å². The maximum atomic E-state index is 12.5. The van der Waals surface area contributed by atoms with Crippen molar-refractivity contribution < 1.29 is 19.4 Å². The van der Waals surface area contributed by atoms with E-state index in [9.17, 15) is 9.90 Å². The quantitative estimate of drug-likeness (QED) is 0.750. The van der Waals surface area contributed by atoms with Crippen molar-refractivity contribution >= 4 is 5.91 Å². The number of benzene rings is 2. The monoisotopic (exact) mass is 398 g/mol. The number of ether oxygens (including phenoxy) is 2. The number of hydrogen-bond donors (Lipinski definition) is 2. The van der Waals surface area contributed by atoms with Gasteiger partial charge in [0.25, 0.3) is 5.91 Å². The normalized spacial score (nSPS) is 16.6. The van der Waals surface area contributed by atoms with Crippen molar-refractivity contribution in [1.29, 1.82) is 0 Å². The van der Waals surface area contributed by atoms with E-state index in [1.165, 1.54) is 35.9 Å². The molecule has 6 heteroatoms. The molecule has 1 aliphatic rings. The zero-order valence-electron chi connectivity index (χ0n) is 17.6. The molecule has 0 bridgehead atoms. The van der Waals surface area contributed by atoms with Gasteiger partial charge in [0.05, 0.1) is 14.2 Å². The Morgan fingerprint density at radius 1 is 1.17 bits per heavy atom. The van der Waals surface area contributed by atoms with E-state index in [0.717, 1.165) is 38.2 Å². The molecular weight excluding hydrogens is 368 g/mol. The number of amides is 1. The average molecular weight is 399 g/mol. The molecule has 0 radical (unpaired) electrons. The van der Waals surface area contributed by atoms with Crippen molar-refractivity contribution in [2.24, 2.45) is 0 Å². The summed E-state index contributed by atoms with van der Waals surface area (Å²) in [7, 11) is 3.21. The number of nitrogens with one attached hydrogen (secondary N) is 1. The smallest absolute Gasteiger partial charge is 0.251 e. The summed E-state index contributed by atoms with van der Waals surface area (Å²) in [6.45, 7) is 6.98. The number of phenolic OH excluding ortho intramolecular Hbond substituents is 1. The summed E-state index contributed by atoms with van der Waals surface area (Å²) in [6.07, 6.45) is 1.89. The summed E-state index contributed by atoms with van der Waals surface area (Å²) in [5.74, 6) is 1.23. The molecule has 2 N–H and O–H groups in total. The van der Waals surface area contributed by atoms with Crippen LogP contribution in [-0.2, 0) is 6.42 Å². The number of phenols is 1. The minimum absolute atomic E-state index is 0.0210. The van der Waals surface area contributed by atoms with Crippen molar-refractivity contribution in [2.45, 2.75) is 32.7 Å². The zero-order valence-corrected chi connectivity index (χ0v) is 17.6. The Kier molecular flexibility index (Phi) is 6.64. The van der Waals surface area contributed by atoms with Crippen LogP contribution in [0.15, 0.2) is 30.3 Å². The van der Waals surface area contributed by atoms with Crippen molar-refractivity contribution in [2.75, 3.05) is 33.9 Å². The van der Waals surface area contributed by atoms with Gasteiger partial charge < -0.3 is 24.8 Å². The number of rotatable bonds is 7. The number of carbonyl (C=O) groups is 1. The molecule has 0 aliphatic carbocycles. The highest BCUT2D eigenvalue weighted by Crippen LogP contribution is 2.25. The fourth-order valence-corrected chi connectivity index (χ4v) is 3.88. The highest BCUT2D eigenvalue weighted by Gasteiger charge is 2.24. The van der Waals surface area contributed by atoms with Gasteiger partial charge in [0.2, 0.25) is 0 Å². The summed E-state index contributed by atoms with van der Waals surface area (Å²) in [5.41, 5.74) is 4.22. The molecule has 29 heavy (non-hydrogen) atoms. The largest absolute Gasteiger partial charge is 0.508 e. The lowest BCUT2D eigenvalue weighted by atomic mass is 10.00. The van der Waals surface area contributed by atoms with Gasteiger partial charge in [0.1, 0.15) is 17.2 Å². The molecule has 1 atom stereocenters. The van der Waals surface area contributed by atoms with Gasteiger partial charge in [-0.15, -0.1) is 0 Å². The Bertz CT molecular complexity index is 881. The highest BCUT2D eigenvalue weighted by atomic mass is 16.5. The Hall–Kier alpha value is -2.73. The molecule has 3 rings (SSSR count). The molecule has 6 nitrogen and oxygen atoms in total. The second-order valence-electron chi connectivity index (χ2n) is 7.61. The van der Waals surface area contributed by atoms with Crippen LogP contribution >= 0.6 is 0 Å². The van der Waals surface area contributed by atoms with Crippen LogP contribution in [0, 0.1) is 13.8 Å². The van der Waals surface area contributed by atoms with E-state index in [4.69, 9.17) is 9.47 Å². The number of carbonyl (C=O) groups excluding carboxylic acids is 1. The molecule has 2 aromatic carbocycles. The first kappa shape index (κ1) is 21.0. The van der Waals surface area contributed by atoms with Gasteiger partial charge in [-0.3, -0.25) is 4.79 Å². The van der Waals surface area contributed by atoms with Crippen molar-refractivity contribution in [3.05, 3.63) is 52.6 Å². The molecule has 0 spiro atoms. The standard InChI is InChI=1S/C23H30N2O4/c1-15-16(2)22(29-4)6-5-17(15)7-9-25-10-8-19(14-25)24-23(27)18-11-20(26)13-21(12-18)28-3/h5-6,11-13,19,26H,7-10,14H2,1-4H3,(H,24,27). The predicted molar refractivity (Wildman–Crippen MR) is 113 cm³/mol. The van der Waals surface area contributed by atoms with E-state index in [1.807, 2.05) is 6.07 Å². The average Bonchev–Trinajstić information content (AvgIpc) is 3.15. The molecule has 1 fully saturated rings. The van der Waals surface area contributed by atoms with Gasteiger partial charge in [-0.05, 0) is 61.6 Å². The Labute approximate surface area is 172 Å². The van der Waals surface area contributed by atoms with Gasteiger partial charge in [-0.2, -0.15) is 0 Å². The SMILES string of the molecule is COc1cc(O)cc(C(=O)NC2CCN(CCc3ccc(OC)c(C)c3C)C2)c1. The third kappa shape index (κ3) is 5.01. The van der Waals surface area contributed by atoms with E-state index in [-0.39, 0.29) is 17.7 Å². The van der Waals surface area contributed by atoms with Gasteiger partial charge >= 0.3 is 0 Å². The number of methoxy groups -OCH3 is 2. The molecule has 0 saturated carbocycles. The van der Waals surface area contributed by atoms with Crippen molar-refractivity contribution in [1.82, 2.24) is 10.2 Å². The van der Waals surface area contributed by atoms with Gasteiger partial charge in [-0.25, -0.2) is 0 Å². The van der Waals surface area contributed by atoms with Crippen molar-refractivity contribution in [3.8, 4) is 17.2 Å². The lowest BCUT2D eigenvalue weighted by Crippen LogP contribution is -2.37. The van der Waals surface area contributed by atoms with Crippen LogP contribution in [0.5, 0.6) is 17.2 Å². The molecule has 1 unspecified atom stereocenters. The summed E-state index contributed by atoms with van der Waals surface area (Å²) >= 11 is 0. The van der Waals surface area contributed by atoms with Crippen LogP contribution < -0.4 is 14.8 Å². The lowest BCUT2D eigenvalue weighted by molar-refractivity contribution is 0.0937. The van der Waals surface area contributed by atoms with Crippen LogP contribution in [0.25, 0.3) is 0 Å². The van der Waals surface area contributed by atoms with Crippen LogP contribution in [0.1, 0.15) is 33.5 Å². The molecule has 1 heterocycles. The molecule has 0 aromatic heterocycles. The predicted octanol–water partition coefficient (Wildman–Crippen LogP) is 3.07. The highest BCUT2D eigenvalue weighted by molar-refractivity contribution is 5.95. The first-order chi connectivity index (χ1) is 13.9. The summed E-state index contributed by atoms with van der Waals surface area (Å²) in [6, 6.07) is 8.86.